The van der Waals surface area contributed by atoms with Gasteiger partial charge in [-0.25, -0.2) is 15.0 Å². The summed E-state index contributed by atoms with van der Waals surface area (Å²) < 4.78 is 11.7. The summed E-state index contributed by atoms with van der Waals surface area (Å²) in [5.41, 5.74) is 13.6. The lowest BCUT2D eigenvalue weighted by atomic mass is 10.0. The van der Waals surface area contributed by atoms with E-state index in [9.17, 15) is 4.79 Å². The molecule has 0 radical (unpaired) electrons. The van der Waals surface area contributed by atoms with Crippen LogP contribution in [-0.2, 0) is 4.79 Å². The fourth-order valence-electron chi connectivity index (χ4n) is 3.19. The first-order chi connectivity index (χ1) is 16.0. The number of aliphatic imine (C=N–C) groups is 1. The van der Waals surface area contributed by atoms with Crippen LogP contribution in [0.25, 0.3) is 0 Å². The third kappa shape index (κ3) is 5.48. The van der Waals surface area contributed by atoms with Gasteiger partial charge in [0.2, 0.25) is 5.95 Å². The number of hydrogen-bond donors (Lipinski definition) is 4. The van der Waals surface area contributed by atoms with E-state index in [4.69, 9.17) is 15.2 Å². The van der Waals surface area contributed by atoms with Crippen LogP contribution in [0, 0.1) is 0 Å². The van der Waals surface area contributed by atoms with Gasteiger partial charge < -0.3 is 20.5 Å². The topological polar surface area (TPSA) is 136 Å². The van der Waals surface area contributed by atoms with E-state index in [1.54, 1.807) is 30.6 Å². The molecule has 4 bridgehead atoms. The van der Waals surface area contributed by atoms with E-state index >= 15 is 0 Å². The zero-order valence-electron chi connectivity index (χ0n) is 18.3. The number of nitrogens with zero attached hydrogens (tertiary/aromatic N) is 3. The molecule has 0 fully saturated rings. The lowest BCUT2D eigenvalue weighted by Gasteiger charge is -2.22. The van der Waals surface area contributed by atoms with Crippen LogP contribution in [0.4, 0.5) is 11.6 Å². The van der Waals surface area contributed by atoms with E-state index < -0.39 is 6.04 Å². The molecule has 0 spiro atoms. The molecular weight excluding hydrogens is 422 g/mol. The van der Waals surface area contributed by atoms with Crippen LogP contribution in [-0.4, -0.2) is 34.5 Å². The Bertz CT molecular complexity index is 1130. The molecular formula is C23H25N7O3. The molecule has 1 aromatic heterocycles. The highest BCUT2D eigenvalue weighted by Gasteiger charge is 2.23. The largest absolute Gasteiger partial charge is 0.487 e. The van der Waals surface area contributed by atoms with Crippen molar-refractivity contribution in [3.8, 4) is 11.5 Å². The predicted molar refractivity (Wildman–Crippen MR) is 125 cm³/mol. The first-order valence-electron chi connectivity index (χ1n) is 10.4. The predicted octanol–water partition coefficient (Wildman–Crippen LogP) is 2.62. The molecule has 2 aliphatic heterocycles. The number of amides is 1. The van der Waals surface area contributed by atoms with Crippen molar-refractivity contribution < 1.29 is 14.3 Å². The number of benzene rings is 2. The highest BCUT2D eigenvalue weighted by Crippen LogP contribution is 2.33. The van der Waals surface area contributed by atoms with Crippen LogP contribution in [0.1, 0.15) is 31.0 Å². The van der Waals surface area contributed by atoms with Crippen LogP contribution in [0.3, 0.4) is 0 Å². The van der Waals surface area contributed by atoms with Crippen molar-refractivity contribution in [3.63, 3.8) is 0 Å². The molecule has 1 atom stereocenters. The van der Waals surface area contributed by atoms with Gasteiger partial charge in [-0.1, -0.05) is 6.07 Å². The molecule has 2 aromatic carbocycles. The van der Waals surface area contributed by atoms with Gasteiger partial charge in [0.15, 0.2) is 18.2 Å². The summed E-state index contributed by atoms with van der Waals surface area (Å²) in [5.74, 6) is 1.29. The SMILES string of the molecule is CC(C)Oc1ccc2cc1OC/N=C(/N)c1ccc(cc1)NC2C(=O)NNc1ncccn1. The van der Waals surface area contributed by atoms with Crippen LogP contribution < -0.4 is 31.4 Å². The summed E-state index contributed by atoms with van der Waals surface area (Å²) in [4.78, 5) is 25.6. The van der Waals surface area contributed by atoms with Gasteiger partial charge >= 0.3 is 0 Å². The van der Waals surface area contributed by atoms with E-state index in [-0.39, 0.29) is 24.7 Å². The Hall–Kier alpha value is -4.34. The number of ether oxygens (including phenoxy) is 2. The van der Waals surface area contributed by atoms with Crippen molar-refractivity contribution in [1.29, 1.82) is 0 Å². The summed E-state index contributed by atoms with van der Waals surface area (Å²) in [6, 6.07) is 13.6. The van der Waals surface area contributed by atoms with Crippen molar-refractivity contribution in [1.82, 2.24) is 15.4 Å². The smallest absolute Gasteiger partial charge is 0.265 e. The molecule has 1 unspecified atom stereocenters. The number of amidine groups is 1. The molecule has 1 amide bonds. The lowest BCUT2D eigenvalue weighted by molar-refractivity contribution is -0.121. The van der Waals surface area contributed by atoms with E-state index in [2.05, 4.69) is 31.1 Å². The first-order valence-corrected chi connectivity index (χ1v) is 10.4. The maximum Gasteiger partial charge on any atom is 0.265 e. The van der Waals surface area contributed by atoms with Crippen LogP contribution in [0.2, 0.25) is 0 Å². The second-order valence-corrected chi connectivity index (χ2v) is 7.53. The molecule has 170 valence electrons. The lowest BCUT2D eigenvalue weighted by Crippen LogP contribution is -2.37. The average molecular weight is 447 g/mol. The van der Waals surface area contributed by atoms with Crippen molar-refractivity contribution in [2.75, 3.05) is 17.5 Å². The Kier molecular flexibility index (Phi) is 6.53. The van der Waals surface area contributed by atoms with Crippen LogP contribution in [0.15, 0.2) is 65.9 Å². The minimum atomic E-state index is -0.762. The Morgan fingerprint density at radius 2 is 1.94 bits per heavy atom. The van der Waals surface area contributed by atoms with Gasteiger partial charge in [0, 0.05) is 23.6 Å². The number of rotatable bonds is 5. The fourth-order valence-corrected chi connectivity index (χ4v) is 3.19. The van der Waals surface area contributed by atoms with E-state index in [1.165, 1.54) is 0 Å². The Balaban J connectivity index is 1.69. The fraction of sp³-hybridized carbons (Fsp3) is 0.217. The maximum atomic E-state index is 13.2. The number of nitrogens with one attached hydrogen (secondary N) is 3. The Labute approximate surface area is 191 Å². The van der Waals surface area contributed by atoms with Crippen molar-refractivity contribution in [3.05, 3.63) is 72.1 Å². The molecule has 3 aromatic rings. The second-order valence-electron chi connectivity index (χ2n) is 7.53. The molecule has 0 saturated heterocycles. The van der Waals surface area contributed by atoms with E-state index in [0.29, 0.717) is 22.9 Å². The van der Waals surface area contributed by atoms with Gasteiger partial charge in [0.1, 0.15) is 11.9 Å². The van der Waals surface area contributed by atoms with Crippen LogP contribution in [0.5, 0.6) is 11.5 Å². The molecule has 5 rings (SSSR count). The molecule has 10 heteroatoms. The number of aromatic nitrogens is 2. The van der Waals surface area contributed by atoms with Crippen LogP contribution >= 0.6 is 0 Å². The Morgan fingerprint density at radius 3 is 2.67 bits per heavy atom. The van der Waals surface area contributed by atoms with Gasteiger partial charge in [-0.15, -0.1) is 0 Å². The number of nitrogens with two attached hydrogens (primary N) is 1. The van der Waals surface area contributed by atoms with Gasteiger partial charge in [-0.3, -0.25) is 15.6 Å². The molecule has 0 aliphatic carbocycles. The zero-order chi connectivity index (χ0) is 23.2. The molecule has 10 nitrogen and oxygen atoms in total. The minimum absolute atomic E-state index is 0.00267. The third-order valence-corrected chi connectivity index (χ3v) is 4.74. The molecule has 33 heavy (non-hydrogen) atoms. The quantitative estimate of drug-likeness (QED) is 0.438. The average Bonchev–Trinajstić information content (AvgIpc) is 2.83. The van der Waals surface area contributed by atoms with Gasteiger partial charge in [-0.2, -0.15) is 0 Å². The normalized spacial score (nSPS) is 16.7. The Morgan fingerprint density at radius 1 is 1.18 bits per heavy atom. The van der Waals surface area contributed by atoms with E-state index in [1.807, 2.05) is 44.2 Å². The monoisotopic (exact) mass is 447 g/mol. The highest BCUT2D eigenvalue weighted by atomic mass is 16.5. The van der Waals surface area contributed by atoms with Gasteiger partial charge in [0.05, 0.1) is 6.10 Å². The summed E-state index contributed by atoms with van der Waals surface area (Å²) >= 11 is 0. The standard InChI is InChI=1S/C23H25N7O3/c1-14(2)33-18-9-6-16-12-19(18)32-13-27-21(24)15-4-7-17(8-5-15)28-20(16)22(31)29-30-23-25-10-3-11-26-23/h3-12,14,20,28H,13H2,1-2H3,(H2,24,27)(H,29,31)(H,25,26,30). The summed E-state index contributed by atoms with van der Waals surface area (Å²) in [6.45, 7) is 3.85. The molecule has 3 heterocycles. The van der Waals surface area contributed by atoms with Crippen molar-refractivity contribution in [2.24, 2.45) is 10.7 Å². The van der Waals surface area contributed by atoms with Gasteiger partial charge in [0.25, 0.3) is 5.91 Å². The van der Waals surface area contributed by atoms with E-state index in [0.717, 1.165) is 11.3 Å². The third-order valence-electron chi connectivity index (χ3n) is 4.74. The minimum Gasteiger partial charge on any atom is -0.487 e. The van der Waals surface area contributed by atoms with Crippen molar-refractivity contribution in [2.45, 2.75) is 26.0 Å². The number of carbonyl (C=O) groups is 1. The summed E-state index contributed by atoms with van der Waals surface area (Å²) in [6.07, 6.45) is 3.09. The number of carbonyl (C=O) groups excluding carboxylic acids is 1. The first kappa shape index (κ1) is 21.9. The maximum absolute atomic E-state index is 13.2. The zero-order valence-corrected chi connectivity index (χ0v) is 18.3. The summed E-state index contributed by atoms with van der Waals surface area (Å²) in [5, 5.41) is 3.26. The second kappa shape index (κ2) is 9.86. The molecule has 0 saturated carbocycles. The summed E-state index contributed by atoms with van der Waals surface area (Å²) in [7, 11) is 0. The number of anilines is 2. The number of hydrogen-bond acceptors (Lipinski definition) is 9. The highest BCUT2D eigenvalue weighted by molar-refractivity contribution is 5.97. The number of fused-ring (bicyclic) bond motifs is 5. The van der Waals surface area contributed by atoms with Gasteiger partial charge in [-0.05, 0) is 61.9 Å². The number of hydrazine groups is 1. The molecule has 5 N–H and O–H groups in total. The molecule has 2 aliphatic rings. The van der Waals surface area contributed by atoms with Crippen molar-refractivity contribution >= 4 is 23.4 Å².